The SMILES string of the molecule is CCn1c(N)c(-c2ncc[nH]2)c(=O)c2ccc(C#C[C@@](C)(O)COC)nc21. The summed E-state index contributed by atoms with van der Waals surface area (Å²) in [6, 6.07) is 3.31. The summed E-state index contributed by atoms with van der Waals surface area (Å²) in [5.41, 5.74) is 5.89. The molecule has 1 atom stereocenters. The van der Waals surface area contributed by atoms with Crippen molar-refractivity contribution in [2.24, 2.45) is 0 Å². The van der Waals surface area contributed by atoms with E-state index in [0.29, 0.717) is 34.7 Å². The number of aryl methyl sites for hydroxylation is 1. The molecule has 27 heavy (non-hydrogen) atoms. The Kier molecular flexibility index (Phi) is 4.99. The number of ether oxygens (including phenoxy) is 1. The van der Waals surface area contributed by atoms with Crippen LogP contribution in [-0.4, -0.2) is 43.9 Å². The van der Waals surface area contributed by atoms with Gasteiger partial charge in [0.25, 0.3) is 0 Å². The molecular formula is C19H21N5O3. The fourth-order valence-corrected chi connectivity index (χ4v) is 2.87. The summed E-state index contributed by atoms with van der Waals surface area (Å²) < 4.78 is 6.68. The zero-order chi connectivity index (χ0) is 19.6. The normalized spacial score (nSPS) is 13.2. The average Bonchev–Trinajstić information content (AvgIpc) is 3.14. The van der Waals surface area contributed by atoms with Crippen LogP contribution in [0.25, 0.3) is 22.4 Å². The number of aliphatic hydroxyl groups is 1. The lowest BCUT2D eigenvalue weighted by molar-refractivity contribution is 0.0274. The molecule has 0 aliphatic heterocycles. The Morgan fingerprint density at radius 3 is 2.85 bits per heavy atom. The lowest BCUT2D eigenvalue weighted by Crippen LogP contribution is -2.27. The van der Waals surface area contributed by atoms with Crippen LogP contribution in [0.5, 0.6) is 0 Å². The van der Waals surface area contributed by atoms with Crippen molar-refractivity contribution in [1.29, 1.82) is 0 Å². The second-order valence-electron chi connectivity index (χ2n) is 6.30. The van der Waals surface area contributed by atoms with Crippen LogP contribution in [0.15, 0.2) is 29.3 Å². The Bertz CT molecular complexity index is 1090. The van der Waals surface area contributed by atoms with E-state index < -0.39 is 5.60 Å². The first-order chi connectivity index (χ1) is 12.9. The van der Waals surface area contributed by atoms with Gasteiger partial charge in [-0.05, 0) is 31.9 Å². The van der Waals surface area contributed by atoms with Gasteiger partial charge in [-0.25, -0.2) is 9.97 Å². The number of pyridine rings is 2. The summed E-state index contributed by atoms with van der Waals surface area (Å²) in [6.07, 6.45) is 3.20. The molecule has 0 unspecified atom stereocenters. The van der Waals surface area contributed by atoms with E-state index in [1.807, 2.05) is 6.92 Å². The van der Waals surface area contributed by atoms with Gasteiger partial charge in [0.1, 0.15) is 34.1 Å². The molecule has 0 aromatic carbocycles. The third-order valence-corrected chi connectivity index (χ3v) is 4.09. The Morgan fingerprint density at radius 2 is 2.22 bits per heavy atom. The topological polar surface area (TPSA) is 119 Å². The fourth-order valence-electron chi connectivity index (χ4n) is 2.87. The highest BCUT2D eigenvalue weighted by Crippen LogP contribution is 2.23. The van der Waals surface area contributed by atoms with E-state index in [2.05, 4.69) is 26.8 Å². The van der Waals surface area contributed by atoms with Gasteiger partial charge in [-0.15, -0.1) is 0 Å². The highest BCUT2D eigenvalue weighted by molar-refractivity contribution is 5.86. The molecule has 8 heteroatoms. The highest BCUT2D eigenvalue weighted by Gasteiger charge is 2.19. The van der Waals surface area contributed by atoms with Crippen molar-refractivity contribution in [3.8, 4) is 23.2 Å². The first-order valence-electron chi connectivity index (χ1n) is 8.45. The van der Waals surface area contributed by atoms with E-state index in [1.54, 1.807) is 36.0 Å². The molecule has 4 N–H and O–H groups in total. The van der Waals surface area contributed by atoms with Crippen molar-refractivity contribution >= 4 is 16.9 Å². The van der Waals surface area contributed by atoms with Crippen molar-refractivity contribution < 1.29 is 9.84 Å². The number of fused-ring (bicyclic) bond motifs is 1. The quantitative estimate of drug-likeness (QED) is 0.595. The molecule has 3 aromatic heterocycles. The van der Waals surface area contributed by atoms with Gasteiger partial charge >= 0.3 is 0 Å². The predicted octanol–water partition coefficient (Wildman–Crippen LogP) is 1.14. The predicted molar refractivity (Wildman–Crippen MR) is 103 cm³/mol. The zero-order valence-electron chi connectivity index (χ0n) is 15.4. The maximum absolute atomic E-state index is 12.9. The van der Waals surface area contributed by atoms with Crippen LogP contribution in [0.4, 0.5) is 5.82 Å². The van der Waals surface area contributed by atoms with E-state index in [1.165, 1.54) is 7.11 Å². The number of nitrogens with one attached hydrogen (secondary N) is 1. The molecule has 0 saturated heterocycles. The van der Waals surface area contributed by atoms with Gasteiger partial charge in [0.15, 0.2) is 0 Å². The van der Waals surface area contributed by atoms with Crippen molar-refractivity contribution in [2.75, 3.05) is 19.5 Å². The summed E-state index contributed by atoms with van der Waals surface area (Å²) in [7, 11) is 1.49. The molecule has 140 valence electrons. The van der Waals surface area contributed by atoms with E-state index in [9.17, 15) is 9.90 Å². The minimum atomic E-state index is -1.29. The smallest absolute Gasteiger partial charge is 0.204 e. The maximum atomic E-state index is 12.9. The van der Waals surface area contributed by atoms with Crippen molar-refractivity contribution in [3.63, 3.8) is 0 Å². The second kappa shape index (κ2) is 7.23. The van der Waals surface area contributed by atoms with Crippen LogP contribution in [0, 0.1) is 11.8 Å². The molecule has 3 aromatic rings. The molecule has 0 fully saturated rings. The number of H-pyrrole nitrogens is 1. The van der Waals surface area contributed by atoms with Gasteiger partial charge in [0.2, 0.25) is 5.43 Å². The van der Waals surface area contributed by atoms with Crippen LogP contribution >= 0.6 is 0 Å². The van der Waals surface area contributed by atoms with Gasteiger partial charge in [0.05, 0.1) is 12.0 Å². The highest BCUT2D eigenvalue weighted by atomic mass is 16.5. The molecule has 0 spiro atoms. The molecule has 8 nitrogen and oxygen atoms in total. The largest absolute Gasteiger partial charge is 0.384 e. The maximum Gasteiger partial charge on any atom is 0.204 e. The van der Waals surface area contributed by atoms with Crippen molar-refractivity contribution in [1.82, 2.24) is 19.5 Å². The summed E-state index contributed by atoms with van der Waals surface area (Å²) in [4.78, 5) is 24.5. The fraction of sp³-hybridized carbons (Fsp3) is 0.316. The van der Waals surface area contributed by atoms with Crippen LogP contribution in [0.1, 0.15) is 19.5 Å². The van der Waals surface area contributed by atoms with Gasteiger partial charge in [-0.3, -0.25) is 4.79 Å². The lowest BCUT2D eigenvalue weighted by Gasteiger charge is -2.15. The average molecular weight is 367 g/mol. The first kappa shape index (κ1) is 18.6. The van der Waals surface area contributed by atoms with Gasteiger partial charge < -0.3 is 25.1 Å². The summed E-state index contributed by atoms with van der Waals surface area (Å²) >= 11 is 0. The Morgan fingerprint density at radius 1 is 1.44 bits per heavy atom. The molecule has 0 aliphatic carbocycles. The minimum absolute atomic E-state index is 0.0761. The number of hydrogen-bond acceptors (Lipinski definition) is 6. The van der Waals surface area contributed by atoms with E-state index in [4.69, 9.17) is 10.5 Å². The number of imidazole rings is 1. The number of hydrogen-bond donors (Lipinski definition) is 3. The minimum Gasteiger partial charge on any atom is -0.384 e. The lowest BCUT2D eigenvalue weighted by atomic mass is 10.1. The second-order valence-corrected chi connectivity index (χ2v) is 6.30. The Hall–Kier alpha value is -3.15. The van der Waals surface area contributed by atoms with Gasteiger partial charge in [0, 0.05) is 26.0 Å². The van der Waals surface area contributed by atoms with Crippen LogP contribution < -0.4 is 11.2 Å². The van der Waals surface area contributed by atoms with Crippen molar-refractivity contribution in [3.05, 3.63) is 40.4 Å². The number of aromatic nitrogens is 4. The van der Waals surface area contributed by atoms with Gasteiger partial charge in [-0.1, -0.05) is 5.92 Å². The number of nitrogen functional groups attached to an aromatic ring is 1. The Labute approximate surface area is 156 Å². The standard InChI is InChI=1S/C19H21N5O3/c1-4-24-16(20)14(17-21-9-10-22-17)15(25)13-6-5-12(23-18(13)24)7-8-19(2,26)11-27-3/h5-6,9-10,26H,4,11,20H2,1-3H3,(H,21,22)/t19-/m1/s1. The number of rotatable bonds is 4. The molecule has 3 rings (SSSR count). The molecular weight excluding hydrogens is 346 g/mol. The molecule has 0 radical (unpaired) electrons. The monoisotopic (exact) mass is 367 g/mol. The van der Waals surface area contributed by atoms with Crippen LogP contribution in [0.2, 0.25) is 0 Å². The van der Waals surface area contributed by atoms with E-state index in [0.717, 1.165) is 0 Å². The van der Waals surface area contributed by atoms with Crippen LogP contribution in [-0.2, 0) is 11.3 Å². The number of nitrogens with zero attached hydrogens (tertiary/aromatic N) is 3. The summed E-state index contributed by atoms with van der Waals surface area (Å²) in [5.74, 6) is 6.26. The third kappa shape index (κ3) is 3.56. The van der Waals surface area contributed by atoms with E-state index in [-0.39, 0.29) is 17.9 Å². The first-order valence-corrected chi connectivity index (χ1v) is 8.45. The van der Waals surface area contributed by atoms with Crippen LogP contribution in [0.3, 0.4) is 0 Å². The third-order valence-electron chi connectivity index (χ3n) is 4.09. The molecule has 3 heterocycles. The zero-order valence-corrected chi connectivity index (χ0v) is 15.4. The molecule has 0 amide bonds. The van der Waals surface area contributed by atoms with Crippen molar-refractivity contribution in [2.45, 2.75) is 26.0 Å². The van der Waals surface area contributed by atoms with Gasteiger partial charge in [-0.2, -0.15) is 0 Å². The number of methoxy groups -OCH3 is 1. The van der Waals surface area contributed by atoms with E-state index >= 15 is 0 Å². The summed E-state index contributed by atoms with van der Waals surface area (Å²) in [6.45, 7) is 4.06. The molecule has 0 bridgehead atoms. The number of aromatic amines is 1. The number of anilines is 1. The number of nitrogens with two attached hydrogens (primary N) is 1. The molecule has 0 aliphatic rings. The Balaban J connectivity index is 2.20. The summed E-state index contributed by atoms with van der Waals surface area (Å²) in [5, 5.41) is 10.5. The molecule has 0 saturated carbocycles.